The third-order valence-corrected chi connectivity index (χ3v) is 4.53. The molecule has 0 saturated carbocycles. The Morgan fingerprint density at radius 3 is 2.26 bits per heavy atom. The van der Waals surface area contributed by atoms with Gasteiger partial charge in [0.1, 0.15) is 0 Å². The van der Waals surface area contributed by atoms with E-state index in [-0.39, 0.29) is 12.5 Å². The Balaban J connectivity index is 1.81. The SMILES string of the molecule is CCN(Cc1ccccc1)C(=O)CNC(=NC)NCC(C)c1ccccc1. The van der Waals surface area contributed by atoms with Crippen molar-refractivity contribution < 1.29 is 4.79 Å². The molecule has 0 saturated heterocycles. The fraction of sp³-hybridized carbons (Fsp3) is 0.364. The van der Waals surface area contributed by atoms with Crippen LogP contribution in [0.5, 0.6) is 0 Å². The summed E-state index contributed by atoms with van der Waals surface area (Å²) in [6, 6.07) is 20.4. The molecule has 5 heteroatoms. The maximum Gasteiger partial charge on any atom is 0.242 e. The summed E-state index contributed by atoms with van der Waals surface area (Å²) in [6.45, 7) is 6.43. The van der Waals surface area contributed by atoms with E-state index in [4.69, 9.17) is 0 Å². The summed E-state index contributed by atoms with van der Waals surface area (Å²) in [7, 11) is 1.72. The Kier molecular flexibility index (Phi) is 8.36. The van der Waals surface area contributed by atoms with Crippen molar-refractivity contribution in [2.45, 2.75) is 26.3 Å². The summed E-state index contributed by atoms with van der Waals surface area (Å²) in [5.41, 5.74) is 2.41. The molecule has 2 N–H and O–H groups in total. The van der Waals surface area contributed by atoms with Crippen LogP contribution in [-0.4, -0.2) is 43.4 Å². The van der Waals surface area contributed by atoms with Crippen molar-refractivity contribution in [3.8, 4) is 0 Å². The van der Waals surface area contributed by atoms with E-state index in [1.165, 1.54) is 5.56 Å². The van der Waals surface area contributed by atoms with Crippen LogP contribution in [0.15, 0.2) is 65.7 Å². The lowest BCUT2D eigenvalue weighted by molar-refractivity contribution is -0.130. The van der Waals surface area contributed by atoms with E-state index in [1.807, 2.05) is 60.4 Å². The summed E-state index contributed by atoms with van der Waals surface area (Å²) in [6.07, 6.45) is 0. The van der Waals surface area contributed by atoms with Gasteiger partial charge in [-0.1, -0.05) is 67.6 Å². The van der Waals surface area contributed by atoms with Gasteiger partial charge in [0.15, 0.2) is 5.96 Å². The van der Waals surface area contributed by atoms with Gasteiger partial charge in [0.2, 0.25) is 5.91 Å². The smallest absolute Gasteiger partial charge is 0.242 e. The van der Waals surface area contributed by atoms with Gasteiger partial charge >= 0.3 is 0 Å². The van der Waals surface area contributed by atoms with Gasteiger partial charge in [-0.3, -0.25) is 9.79 Å². The second kappa shape index (κ2) is 11.0. The zero-order valence-corrected chi connectivity index (χ0v) is 16.5. The highest BCUT2D eigenvalue weighted by Gasteiger charge is 2.13. The highest BCUT2D eigenvalue weighted by molar-refractivity contribution is 5.86. The number of hydrogen-bond donors (Lipinski definition) is 2. The molecule has 2 aromatic rings. The van der Waals surface area contributed by atoms with Crippen molar-refractivity contribution in [3.63, 3.8) is 0 Å². The van der Waals surface area contributed by atoms with Gasteiger partial charge in [-0.15, -0.1) is 0 Å². The van der Waals surface area contributed by atoms with E-state index in [9.17, 15) is 4.79 Å². The molecule has 0 aromatic heterocycles. The molecule has 0 heterocycles. The average Bonchev–Trinajstić information content (AvgIpc) is 2.73. The number of carbonyl (C=O) groups is 1. The summed E-state index contributed by atoms with van der Waals surface area (Å²) in [4.78, 5) is 18.6. The fourth-order valence-corrected chi connectivity index (χ4v) is 2.82. The van der Waals surface area contributed by atoms with Crippen LogP contribution >= 0.6 is 0 Å². The van der Waals surface area contributed by atoms with Crippen LogP contribution in [0.25, 0.3) is 0 Å². The maximum absolute atomic E-state index is 12.5. The van der Waals surface area contributed by atoms with Gasteiger partial charge in [-0.2, -0.15) is 0 Å². The topological polar surface area (TPSA) is 56.7 Å². The largest absolute Gasteiger partial charge is 0.356 e. The third kappa shape index (κ3) is 6.77. The lowest BCUT2D eigenvalue weighted by Crippen LogP contribution is -2.45. The highest BCUT2D eigenvalue weighted by atomic mass is 16.2. The molecule has 0 spiro atoms. The minimum absolute atomic E-state index is 0.0559. The number of nitrogens with one attached hydrogen (secondary N) is 2. The summed E-state index contributed by atoms with van der Waals surface area (Å²) in [5.74, 6) is 1.05. The Bertz CT molecular complexity index is 716. The van der Waals surface area contributed by atoms with Gasteiger partial charge in [-0.25, -0.2) is 0 Å². The number of likely N-dealkylation sites (N-methyl/N-ethyl adjacent to an activating group) is 1. The molecule has 27 heavy (non-hydrogen) atoms. The quantitative estimate of drug-likeness (QED) is 0.558. The molecular formula is C22H30N4O. The molecule has 0 aliphatic rings. The number of hydrogen-bond acceptors (Lipinski definition) is 2. The second-order valence-electron chi connectivity index (χ2n) is 6.51. The maximum atomic E-state index is 12.5. The van der Waals surface area contributed by atoms with Crippen molar-refractivity contribution in [2.24, 2.45) is 4.99 Å². The van der Waals surface area contributed by atoms with E-state index >= 15 is 0 Å². The lowest BCUT2D eigenvalue weighted by atomic mass is 10.0. The molecule has 1 amide bonds. The van der Waals surface area contributed by atoms with Crippen molar-refractivity contribution in [1.82, 2.24) is 15.5 Å². The van der Waals surface area contributed by atoms with Gasteiger partial charge in [0, 0.05) is 26.7 Å². The Morgan fingerprint density at radius 2 is 1.67 bits per heavy atom. The minimum atomic E-state index is 0.0559. The molecule has 2 aromatic carbocycles. The van der Waals surface area contributed by atoms with Crippen LogP contribution in [-0.2, 0) is 11.3 Å². The van der Waals surface area contributed by atoms with Gasteiger partial charge in [0.05, 0.1) is 6.54 Å². The summed E-state index contributed by atoms with van der Waals surface area (Å²) < 4.78 is 0. The van der Waals surface area contributed by atoms with E-state index < -0.39 is 0 Å². The van der Waals surface area contributed by atoms with Crippen molar-refractivity contribution in [3.05, 3.63) is 71.8 Å². The zero-order chi connectivity index (χ0) is 19.5. The molecule has 1 unspecified atom stereocenters. The van der Waals surface area contributed by atoms with E-state index in [1.54, 1.807) is 7.05 Å². The molecule has 2 rings (SSSR count). The fourth-order valence-electron chi connectivity index (χ4n) is 2.82. The molecule has 5 nitrogen and oxygen atoms in total. The van der Waals surface area contributed by atoms with Crippen molar-refractivity contribution in [2.75, 3.05) is 26.7 Å². The Labute approximate surface area is 162 Å². The molecule has 144 valence electrons. The molecular weight excluding hydrogens is 336 g/mol. The number of nitrogens with zero attached hydrogens (tertiary/aromatic N) is 2. The third-order valence-electron chi connectivity index (χ3n) is 4.53. The first-order valence-corrected chi connectivity index (χ1v) is 9.45. The lowest BCUT2D eigenvalue weighted by Gasteiger charge is -2.22. The van der Waals surface area contributed by atoms with Gasteiger partial charge in [0.25, 0.3) is 0 Å². The highest BCUT2D eigenvalue weighted by Crippen LogP contribution is 2.12. The Hall–Kier alpha value is -2.82. The first-order valence-electron chi connectivity index (χ1n) is 9.45. The van der Waals surface area contributed by atoms with E-state index in [0.29, 0.717) is 25.0 Å². The summed E-state index contributed by atoms with van der Waals surface area (Å²) in [5, 5.41) is 6.42. The first-order chi connectivity index (χ1) is 13.1. The number of aliphatic imine (C=N–C) groups is 1. The molecule has 0 aliphatic carbocycles. The van der Waals surface area contributed by atoms with E-state index in [0.717, 1.165) is 12.1 Å². The average molecular weight is 367 g/mol. The Morgan fingerprint density at radius 1 is 1.04 bits per heavy atom. The molecule has 0 fully saturated rings. The first kappa shape index (κ1) is 20.5. The van der Waals surface area contributed by atoms with Gasteiger partial charge < -0.3 is 15.5 Å². The van der Waals surface area contributed by atoms with Gasteiger partial charge in [-0.05, 0) is 24.0 Å². The van der Waals surface area contributed by atoms with Crippen LogP contribution in [0.4, 0.5) is 0 Å². The number of rotatable bonds is 8. The van der Waals surface area contributed by atoms with Crippen LogP contribution in [0, 0.1) is 0 Å². The van der Waals surface area contributed by atoms with Crippen LogP contribution < -0.4 is 10.6 Å². The van der Waals surface area contributed by atoms with Crippen LogP contribution in [0.2, 0.25) is 0 Å². The predicted molar refractivity (Wildman–Crippen MR) is 112 cm³/mol. The second-order valence-corrected chi connectivity index (χ2v) is 6.51. The number of benzene rings is 2. The van der Waals surface area contributed by atoms with Crippen molar-refractivity contribution >= 4 is 11.9 Å². The molecule has 0 radical (unpaired) electrons. The summed E-state index contributed by atoms with van der Waals surface area (Å²) >= 11 is 0. The van der Waals surface area contributed by atoms with Crippen LogP contribution in [0.3, 0.4) is 0 Å². The number of carbonyl (C=O) groups excluding carboxylic acids is 1. The van der Waals surface area contributed by atoms with Crippen LogP contribution in [0.1, 0.15) is 30.9 Å². The molecule has 0 bridgehead atoms. The molecule has 1 atom stereocenters. The number of amides is 1. The zero-order valence-electron chi connectivity index (χ0n) is 16.5. The minimum Gasteiger partial charge on any atom is -0.356 e. The standard InChI is InChI=1S/C22H30N4O/c1-4-26(17-19-11-7-5-8-12-19)21(27)16-25-22(23-3)24-15-18(2)20-13-9-6-10-14-20/h5-14,18H,4,15-17H2,1-3H3,(H2,23,24,25). The predicted octanol–water partition coefficient (Wildman–Crippen LogP) is 3.00. The normalized spacial score (nSPS) is 12.3. The van der Waals surface area contributed by atoms with Crippen molar-refractivity contribution in [1.29, 1.82) is 0 Å². The monoisotopic (exact) mass is 366 g/mol. The van der Waals surface area contributed by atoms with E-state index in [2.05, 4.69) is 34.7 Å². The number of guanidine groups is 1. The molecule has 0 aliphatic heterocycles.